The quantitative estimate of drug-likeness (QED) is 0.844. The Morgan fingerprint density at radius 3 is 2.95 bits per heavy atom. The fourth-order valence-corrected chi connectivity index (χ4v) is 2.43. The number of rotatable bonds is 2. The van der Waals surface area contributed by atoms with Crippen molar-refractivity contribution in [2.75, 3.05) is 7.05 Å². The Hall–Kier alpha value is -1.95. The minimum atomic E-state index is -0.516. The highest BCUT2D eigenvalue weighted by atomic mass is 79.9. The summed E-state index contributed by atoms with van der Waals surface area (Å²) in [5.74, 6) is -0.507. The molecule has 0 bridgehead atoms. The first-order valence-electron chi connectivity index (χ1n) is 5.92. The molecular formula is C14H10BrFN2O2. The second-order valence-corrected chi connectivity index (χ2v) is 5.40. The largest absolute Gasteiger partial charge is 0.435 e. The van der Waals surface area contributed by atoms with Gasteiger partial charge in [-0.3, -0.25) is 4.79 Å². The van der Waals surface area contributed by atoms with E-state index in [1.807, 2.05) is 0 Å². The Kier molecular flexibility index (Phi) is 3.17. The van der Waals surface area contributed by atoms with E-state index in [2.05, 4.69) is 20.9 Å². The predicted octanol–water partition coefficient (Wildman–Crippen LogP) is 3.36. The molecule has 0 unspecified atom stereocenters. The van der Waals surface area contributed by atoms with E-state index in [4.69, 9.17) is 4.74 Å². The third-order valence-electron chi connectivity index (χ3n) is 3.07. The van der Waals surface area contributed by atoms with E-state index in [1.54, 1.807) is 30.3 Å². The summed E-state index contributed by atoms with van der Waals surface area (Å²) in [4.78, 5) is 17.7. The number of hydrogen-bond donors (Lipinski definition) is 0. The van der Waals surface area contributed by atoms with Crippen LogP contribution in [0, 0.1) is 5.82 Å². The van der Waals surface area contributed by atoms with Gasteiger partial charge in [-0.15, -0.1) is 0 Å². The standard InChI is InChI=1S/C14H10BrFN2O2/c1-18-7-8-4-5-17-13(12(8)14(18)19)20-11-3-2-9(15)6-10(11)16/h2-6H,7H2,1H3. The Morgan fingerprint density at radius 2 is 2.20 bits per heavy atom. The molecule has 0 spiro atoms. The first kappa shape index (κ1) is 13.1. The van der Waals surface area contributed by atoms with Gasteiger partial charge in [0, 0.05) is 24.3 Å². The number of hydrogen-bond acceptors (Lipinski definition) is 3. The van der Waals surface area contributed by atoms with Gasteiger partial charge in [0.25, 0.3) is 5.91 Å². The SMILES string of the molecule is CN1Cc2ccnc(Oc3ccc(Br)cc3F)c2C1=O. The van der Waals surface area contributed by atoms with Crippen LogP contribution in [-0.2, 0) is 6.54 Å². The molecule has 0 aliphatic carbocycles. The van der Waals surface area contributed by atoms with Crippen LogP contribution in [0.4, 0.5) is 4.39 Å². The Morgan fingerprint density at radius 1 is 1.40 bits per heavy atom. The summed E-state index contributed by atoms with van der Waals surface area (Å²) < 4.78 is 19.9. The second kappa shape index (κ2) is 4.86. The average molecular weight is 337 g/mol. The number of nitrogens with zero attached hydrogens (tertiary/aromatic N) is 2. The van der Waals surface area contributed by atoms with Crippen LogP contribution < -0.4 is 4.74 Å². The lowest BCUT2D eigenvalue weighted by molar-refractivity contribution is 0.0814. The number of halogens is 2. The van der Waals surface area contributed by atoms with Crippen molar-refractivity contribution in [1.29, 1.82) is 0 Å². The highest BCUT2D eigenvalue weighted by molar-refractivity contribution is 9.10. The molecular weight excluding hydrogens is 327 g/mol. The fraction of sp³-hybridized carbons (Fsp3) is 0.143. The van der Waals surface area contributed by atoms with E-state index in [1.165, 1.54) is 12.1 Å². The van der Waals surface area contributed by atoms with E-state index in [-0.39, 0.29) is 17.5 Å². The van der Waals surface area contributed by atoms with Crippen molar-refractivity contribution in [3.8, 4) is 11.6 Å². The van der Waals surface area contributed by atoms with Gasteiger partial charge in [-0.25, -0.2) is 9.37 Å². The van der Waals surface area contributed by atoms with Crippen molar-refractivity contribution in [2.45, 2.75) is 6.54 Å². The molecule has 3 rings (SSSR count). The van der Waals surface area contributed by atoms with Gasteiger partial charge in [-0.1, -0.05) is 15.9 Å². The number of carbonyl (C=O) groups is 1. The molecule has 0 atom stereocenters. The van der Waals surface area contributed by atoms with Gasteiger partial charge in [0.15, 0.2) is 11.6 Å². The number of carbonyl (C=O) groups excluding carboxylic acids is 1. The van der Waals surface area contributed by atoms with Crippen molar-refractivity contribution in [3.63, 3.8) is 0 Å². The van der Waals surface area contributed by atoms with E-state index < -0.39 is 5.82 Å². The molecule has 1 amide bonds. The molecule has 4 nitrogen and oxygen atoms in total. The van der Waals surface area contributed by atoms with Crippen molar-refractivity contribution in [3.05, 3.63) is 51.9 Å². The highest BCUT2D eigenvalue weighted by Crippen LogP contribution is 2.32. The van der Waals surface area contributed by atoms with Crippen LogP contribution in [0.5, 0.6) is 11.6 Å². The van der Waals surface area contributed by atoms with Crippen molar-refractivity contribution < 1.29 is 13.9 Å². The zero-order chi connectivity index (χ0) is 14.3. The van der Waals surface area contributed by atoms with Crippen LogP contribution in [0.25, 0.3) is 0 Å². The van der Waals surface area contributed by atoms with Crippen LogP contribution in [0.15, 0.2) is 34.9 Å². The summed E-state index contributed by atoms with van der Waals surface area (Å²) in [6, 6.07) is 6.22. The number of amides is 1. The fourth-order valence-electron chi connectivity index (χ4n) is 2.10. The van der Waals surface area contributed by atoms with Gasteiger partial charge in [0.05, 0.1) is 0 Å². The van der Waals surface area contributed by atoms with E-state index in [0.717, 1.165) is 5.56 Å². The molecule has 0 N–H and O–H groups in total. The molecule has 1 aromatic heterocycles. The minimum absolute atomic E-state index is 0.0384. The van der Waals surface area contributed by atoms with Crippen LogP contribution in [-0.4, -0.2) is 22.8 Å². The topological polar surface area (TPSA) is 42.4 Å². The monoisotopic (exact) mass is 336 g/mol. The van der Waals surface area contributed by atoms with Gasteiger partial charge in [-0.2, -0.15) is 0 Å². The van der Waals surface area contributed by atoms with E-state index >= 15 is 0 Å². The number of aromatic nitrogens is 1. The van der Waals surface area contributed by atoms with Crippen molar-refractivity contribution in [1.82, 2.24) is 9.88 Å². The predicted molar refractivity (Wildman–Crippen MR) is 74.2 cm³/mol. The molecule has 2 heterocycles. The average Bonchev–Trinajstić information content (AvgIpc) is 2.69. The zero-order valence-corrected chi connectivity index (χ0v) is 12.1. The Bertz CT molecular complexity index is 706. The maximum Gasteiger partial charge on any atom is 0.259 e. The summed E-state index contributed by atoms with van der Waals surface area (Å²) >= 11 is 3.18. The van der Waals surface area contributed by atoms with Crippen LogP contribution in [0.3, 0.4) is 0 Å². The van der Waals surface area contributed by atoms with Gasteiger partial charge < -0.3 is 9.64 Å². The molecule has 102 valence electrons. The lowest BCUT2D eigenvalue weighted by atomic mass is 10.2. The normalized spacial score (nSPS) is 13.6. The van der Waals surface area contributed by atoms with E-state index in [9.17, 15) is 9.18 Å². The number of benzene rings is 1. The molecule has 0 fully saturated rings. The first-order chi connectivity index (χ1) is 9.56. The second-order valence-electron chi connectivity index (χ2n) is 4.49. The number of pyridine rings is 1. The molecule has 0 radical (unpaired) electrons. The van der Waals surface area contributed by atoms with Crippen molar-refractivity contribution >= 4 is 21.8 Å². The van der Waals surface area contributed by atoms with Gasteiger partial charge in [0.1, 0.15) is 5.56 Å². The maximum absolute atomic E-state index is 13.8. The Balaban J connectivity index is 2.01. The molecule has 2 aromatic rings. The first-order valence-corrected chi connectivity index (χ1v) is 6.72. The zero-order valence-electron chi connectivity index (χ0n) is 10.6. The number of fused-ring (bicyclic) bond motifs is 1. The van der Waals surface area contributed by atoms with Crippen molar-refractivity contribution in [2.24, 2.45) is 0 Å². The molecule has 0 saturated heterocycles. The smallest absolute Gasteiger partial charge is 0.259 e. The molecule has 6 heteroatoms. The lowest BCUT2D eigenvalue weighted by Crippen LogP contribution is -2.18. The highest BCUT2D eigenvalue weighted by Gasteiger charge is 2.29. The maximum atomic E-state index is 13.8. The van der Waals surface area contributed by atoms with Crippen LogP contribution >= 0.6 is 15.9 Å². The summed E-state index contributed by atoms with van der Waals surface area (Å²) in [5.41, 5.74) is 1.23. The van der Waals surface area contributed by atoms with Crippen LogP contribution in [0.1, 0.15) is 15.9 Å². The van der Waals surface area contributed by atoms with E-state index in [0.29, 0.717) is 16.6 Å². The molecule has 20 heavy (non-hydrogen) atoms. The summed E-state index contributed by atoms with van der Waals surface area (Å²) in [5, 5.41) is 0. The van der Waals surface area contributed by atoms with Crippen LogP contribution in [0.2, 0.25) is 0 Å². The molecule has 1 aliphatic heterocycles. The molecule has 1 aliphatic rings. The minimum Gasteiger partial charge on any atom is -0.435 e. The summed E-state index contributed by atoms with van der Waals surface area (Å²) in [6.07, 6.45) is 1.55. The summed E-state index contributed by atoms with van der Waals surface area (Å²) in [7, 11) is 1.70. The third-order valence-corrected chi connectivity index (χ3v) is 3.56. The van der Waals surface area contributed by atoms with Gasteiger partial charge in [-0.05, 0) is 29.8 Å². The summed E-state index contributed by atoms with van der Waals surface area (Å²) in [6.45, 7) is 0.510. The third kappa shape index (κ3) is 2.16. The number of ether oxygens (including phenoxy) is 1. The molecule has 0 saturated carbocycles. The van der Waals surface area contributed by atoms with Gasteiger partial charge >= 0.3 is 0 Å². The molecule has 1 aromatic carbocycles. The lowest BCUT2D eigenvalue weighted by Gasteiger charge is -2.09. The van der Waals surface area contributed by atoms with Gasteiger partial charge in [0.2, 0.25) is 5.88 Å². The Labute approximate surface area is 123 Å².